The molecule has 1 aliphatic rings. The molecule has 0 aliphatic heterocycles. The maximum Gasteiger partial charge on any atom is 0.228 e. The van der Waals surface area contributed by atoms with Gasteiger partial charge in [0.2, 0.25) is 5.91 Å². The molecule has 2 heterocycles. The Morgan fingerprint density at radius 1 is 1.41 bits per heavy atom. The molecule has 2 aromatic rings. The van der Waals surface area contributed by atoms with Gasteiger partial charge in [0.05, 0.1) is 17.7 Å². The minimum absolute atomic E-state index is 0.0131. The van der Waals surface area contributed by atoms with Crippen LogP contribution in [-0.4, -0.2) is 16.0 Å². The van der Waals surface area contributed by atoms with Crippen LogP contribution in [0.4, 0.5) is 0 Å². The third kappa shape index (κ3) is 2.92. The van der Waals surface area contributed by atoms with Crippen LogP contribution < -0.4 is 5.32 Å². The Balaban J connectivity index is 1.77. The van der Waals surface area contributed by atoms with Crippen molar-refractivity contribution in [3.63, 3.8) is 0 Å². The van der Waals surface area contributed by atoms with E-state index in [4.69, 9.17) is 4.52 Å². The molecule has 0 spiro atoms. The molecule has 3 rings (SSSR count). The summed E-state index contributed by atoms with van der Waals surface area (Å²) in [5, 5.41) is 8.15. The Hall–Kier alpha value is -1.69. The number of carbonyl (C=O) groups excluding carboxylic acids is 1. The Bertz CT molecular complexity index is 668. The molecular formula is C16H21N3O2S. The highest BCUT2D eigenvalue weighted by Gasteiger charge is 2.36. The smallest absolute Gasteiger partial charge is 0.228 e. The second-order valence-corrected chi connectivity index (χ2v) is 7.36. The molecule has 6 heteroatoms. The van der Waals surface area contributed by atoms with Crippen LogP contribution in [-0.2, 0) is 4.79 Å². The summed E-state index contributed by atoms with van der Waals surface area (Å²) in [6.45, 7) is 7.66. The van der Waals surface area contributed by atoms with E-state index in [1.807, 2.05) is 33.9 Å². The van der Waals surface area contributed by atoms with Crippen LogP contribution >= 0.6 is 11.3 Å². The summed E-state index contributed by atoms with van der Waals surface area (Å²) < 4.78 is 5.18. The second kappa shape index (κ2) is 5.83. The molecule has 5 nitrogen and oxygen atoms in total. The van der Waals surface area contributed by atoms with Crippen molar-refractivity contribution in [2.24, 2.45) is 5.92 Å². The van der Waals surface area contributed by atoms with E-state index in [1.54, 1.807) is 11.3 Å². The van der Waals surface area contributed by atoms with E-state index in [9.17, 15) is 4.79 Å². The van der Waals surface area contributed by atoms with Crippen LogP contribution in [0.5, 0.6) is 0 Å². The summed E-state index contributed by atoms with van der Waals surface area (Å²) in [5.41, 5.74) is 1.68. The lowest BCUT2D eigenvalue weighted by Gasteiger charge is -2.19. The number of thiazole rings is 1. The van der Waals surface area contributed by atoms with Crippen molar-refractivity contribution in [3.8, 4) is 0 Å². The number of hydrogen-bond acceptors (Lipinski definition) is 5. The van der Waals surface area contributed by atoms with Crippen LogP contribution in [0, 0.1) is 26.7 Å². The van der Waals surface area contributed by atoms with Crippen LogP contribution in [0.25, 0.3) is 0 Å². The first kappa shape index (κ1) is 15.2. The van der Waals surface area contributed by atoms with Gasteiger partial charge < -0.3 is 9.84 Å². The van der Waals surface area contributed by atoms with E-state index in [-0.39, 0.29) is 17.9 Å². The molecule has 1 saturated carbocycles. The first-order valence-corrected chi connectivity index (χ1v) is 8.44. The van der Waals surface area contributed by atoms with Crippen molar-refractivity contribution in [1.29, 1.82) is 0 Å². The van der Waals surface area contributed by atoms with Crippen molar-refractivity contribution in [2.75, 3.05) is 0 Å². The standard InChI is InChI=1S/C16H21N3O2S/c1-8-7-17-16(22-8)14(12-5-6-12)18-15(20)9(2)13-10(3)19-21-11(13)4/h7,9,12,14H,5-6H2,1-4H3,(H,18,20)/t9-,14-/m0/s1. The average molecular weight is 319 g/mol. The van der Waals surface area contributed by atoms with Gasteiger partial charge in [-0.25, -0.2) is 4.98 Å². The number of nitrogens with zero attached hydrogens (tertiary/aromatic N) is 2. The maximum absolute atomic E-state index is 12.7. The fraction of sp³-hybridized carbons (Fsp3) is 0.562. The van der Waals surface area contributed by atoms with Gasteiger partial charge in [-0.15, -0.1) is 11.3 Å². The number of carbonyl (C=O) groups is 1. The zero-order chi connectivity index (χ0) is 15.9. The molecule has 1 amide bonds. The quantitative estimate of drug-likeness (QED) is 0.917. The second-order valence-electron chi connectivity index (χ2n) is 6.09. The highest BCUT2D eigenvalue weighted by atomic mass is 32.1. The van der Waals surface area contributed by atoms with Gasteiger partial charge >= 0.3 is 0 Å². The van der Waals surface area contributed by atoms with Crippen LogP contribution in [0.2, 0.25) is 0 Å². The minimum atomic E-state index is -0.270. The highest BCUT2D eigenvalue weighted by Crippen LogP contribution is 2.42. The summed E-state index contributed by atoms with van der Waals surface area (Å²) in [5.74, 6) is 0.979. The predicted molar refractivity (Wildman–Crippen MR) is 84.9 cm³/mol. The number of hydrogen-bond donors (Lipinski definition) is 1. The van der Waals surface area contributed by atoms with Gasteiger partial charge in [-0.1, -0.05) is 5.16 Å². The van der Waals surface area contributed by atoms with Gasteiger partial charge in [-0.2, -0.15) is 0 Å². The topological polar surface area (TPSA) is 68.0 Å². The molecule has 22 heavy (non-hydrogen) atoms. The Kier molecular flexibility index (Phi) is 4.04. The van der Waals surface area contributed by atoms with Crippen molar-refractivity contribution < 1.29 is 9.32 Å². The minimum Gasteiger partial charge on any atom is -0.361 e. The summed E-state index contributed by atoms with van der Waals surface area (Å²) >= 11 is 1.66. The van der Waals surface area contributed by atoms with Crippen LogP contribution in [0.15, 0.2) is 10.7 Å². The van der Waals surface area contributed by atoms with Crippen molar-refractivity contribution >= 4 is 17.2 Å². The summed E-state index contributed by atoms with van der Waals surface area (Å²) in [7, 11) is 0. The summed E-state index contributed by atoms with van der Waals surface area (Å²) in [6.07, 6.45) is 4.19. The molecule has 2 aromatic heterocycles. The van der Waals surface area contributed by atoms with Crippen LogP contribution in [0.3, 0.4) is 0 Å². The van der Waals surface area contributed by atoms with Gasteiger partial charge in [0.25, 0.3) is 0 Å². The molecule has 0 radical (unpaired) electrons. The molecule has 1 aliphatic carbocycles. The number of amides is 1. The van der Waals surface area contributed by atoms with E-state index < -0.39 is 0 Å². The van der Waals surface area contributed by atoms with Gasteiger partial charge in [-0.3, -0.25) is 4.79 Å². The number of rotatable bonds is 5. The van der Waals surface area contributed by atoms with Gasteiger partial charge in [-0.05, 0) is 46.5 Å². The summed E-state index contributed by atoms with van der Waals surface area (Å²) in [4.78, 5) is 18.3. The number of nitrogens with one attached hydrogen (secondary N) is 1. The Morgan fingerprint density at radius 3 is 2.64 bits per heavy atom. The molecule has 0 unspecified atom stereocenters. The summed E-state index contributed by atoms with van der Waals surface area (Å²) in [6, 6.07) is 0.0362. The van der Waals surface area contributed by atoms with Gasteiger partial charge in [0.15, 0.2) is 0 Å². The zero-order valence-corrected chi connectivity index (χ0v) is 14.2. The molecular weight excluding hydrogens is 298 g/mol. The lowest BCUT2D eigenvalue weighted by atomic mass is 9.98. The highest BCUT2D eigenvalue weighted by molar-refractivity contribution is 7.11. The van der Waals surface area contributed by atoms with Crippen molar-refractivity contribution in [2.45, 2.75) is 52.5 Å². The molecule has 1 N–H and O–H groups in total. The monoisotopic (exact) mass is 319 g/mol. The molecule has 2 atom stereocenters. The lowest BCUT2D eigenvalue weighted by Crippen LogP contribution is -2.33. The Morgan fingerprint density at radius 2 is 2.14 bits per heavy atom. The van der Waals surface area contributed by atoms with E-state index in [0.29, 0.717) is 11.7 Å². The number of aromatic nitrogens is 2. The third-order valence-electron chi connectivity index (χ3n) is 4.21. The fourth-order valence-electron chi connectivity index (χ4n) is 2.84. The van der Waals surface area contributed by atoms with E-state index >= 15 is 0 Å². The lowest BCUT2D eigenvalue weighted by molar-refractivity contribution is -0.123. The van der Waals surface area contributed by atoms with Crippen molar-refractivity contribution in [1.82, 2.24) is 15.5 Å². The average Bonchev–Trinajstić information content (AvgIpc) is 3.15. The normalized spacial score (nSPS) is 17.3. The third-order valence-corrected chi connectivity index (χ3v) is 5.21. The zero-order valence-electron chi connectivity index (χ0n) is 13.3. The molecule has 118 valence electrons. The van der Waals surface area contributed by atoms with Crippen molar-refractivity contribution in [3.05, 3.63) is 33.1 Å². The molecule has 0 bridgehead atoms. The maximum atomic E-state index is 12.7. The molecule has 0 saturated heterocycles. The van der Waals surface area contributed by atoms with Gasteiger partial charge in [0.1, 0.15) is 10.8 Å². The fourth-order valence-corrected chi connectivity index (χ4v) is 3.76. The predicted octanol–water partition coefficient (Wildman–Crippen LogP) is 3.43. The first-order valence-electron chi connectivity index (χ1n) is 7.63. The number of aryl methyl sites for hydroxylation is 3. The molecule has 0 aromatic carbocycles. The van der Waals surface area contributed by atoms with E-state index in [0.717, 1.165) is 29.1 Å². The van der Waals surface area contributed by atoms with E-state index in [1.165, 1.54) is 4.88 Å². The Labute approximate surface area is 134 Å². The van der Waals surface area contributed by atoms with Crippen LogP contribution in [0.1, 0.15) is 58.6 Å². The largest absolute Gasteiger partial charge is 0.361 e. The van der Waals surface area contributed by atoms with Gasteiger partial charge in [0, 0.05) is 16.6 Å². The first-order chi connectivity index (χ1) is 10.5. The SMILES string of the molecule is Cc1cnc([C@@H](NC(=O)[C@@H](C)c2c(C)noc2C)C2CC2)s1. The van der Waals surface area contributed by atoms with E-state index in [2.05, 4.69) is 15.5 Å². The molecule has 1 fully saturated rings.